The van der Waals surface area contributed by atoms with Crippen LogP contribution in [0.4, 0.5) is 4.39 Å². The highest BCUT2D eigenvalue weighted by molar-refractivity contribution is 6.31. The molecule has 5 heteroatoms. The number of carbonyl (C=O) groups excluding carboxylic acids is 1. The quantitative estimate of drug-likeness (QED) is 0.590. The lowest BCUT2D eigenvalue weighted by molar-refractivity contribution is -0.130. The molecular weight excluding hydrogens is 389 g/mol. The van der Waals surface area contributed by atoms with Crippen molar-refractivity contribution >= 4 is 23.1 Å². The summed E-state index contributed by atoms with van der Waals surface area (Å²) in [4.78, 5) is 14.5. The van der Waals surface area contributed by atoms with Crippen LogP contribution in [0.15, 0.2) is 78.6 Å². The number of aliphatic hydroxyl groups excluding tert-OH is 1. The fourth-order valence-electron chi connectivity index (χ4n) is 3.68. The topological polar surface area (TPSA) is 40.5 Å². The van der Waals surface area contributed by atoms with Gasteiger partial charge < -0.3 is 10.0 Å². The molecule has 1 aliphatic heterocycles. The molecule has 0 saturated heterocycles. The van der Waals surface area contributed by atoms with Gasteiger partial charge in [0.05, 0.1) is 6.04 Å². The van der Waals surface area contributed by atoms with Crippen molar-refractivity contribution in [1.29, 1.82) is 0 Å². The molecule has 1 N–H and O–H groups in total. The second-order valence-electron chi connectivity index (χ2n) is 7.08. The van der Waals surface area contributed by atoms with Crippen molar-refractivity contribution in [1.82, 2.24) is 4.90 Å². The van der Waals surface area contributed by atoms with E-state index in [2.05, 4.69) is 0 Å². The zero-order chi connectivity index (χ0) is 20.5. The first-order chi connectivity index (χ1) is 14.0. The number of benzene rings is 3. The van der Waals surface area contributed by atoms with Gasteiger partial charge in [-0.1, -0.05) is 77.8 Å². The van der Waals surface area contributed by atoms with E-state index in [0.717, 1.165) is 11.1 Å². The van der Waals surface area contributed by atoms with Gasteiger partial charge in [0.1, 0.15) is 5.82 Å². The molecule has 1 amide bonds. The minimum Gasteiger partial charge on any atom is -0.503 e. The molecule has 29 heavy (non-hydrogen) atoms. The molecule has 0 fully saturated rings. The van der Waals surface area contributed by atoms with Crippen LogP contribution in [0.1, 0.15) is 28.3 Å². The standard InChI is InChI=1S/C24H19ClFNO2/c1-15-10-12-16(13-11-15)21-22(18-7-3-5-9-20(18)26)27(24(29)23(21)28)14-17-6-2-4-8-19(17)25/h2-13,22,28H,14H2,1H3/t22-/m1/s1. The zero-order valence-corrected chi connectivity index (χ0v) is 16.5. The monoisotopic (exact) mass is 407 g/mol. The molecule has 3 aromatic rings. The summed E-state index contributed by atoms with van der Waals surface area (Å²) in [5, 5.41) is 11.3. The van der Waals surface area contributed by atoms with Crippen LogP contribution < -0.4 is 0 Å². The number of hydrogen-bond donors (Lipinski definition) is 1. The highest BCUT2D eigenvalue weighted by Crippen LogP contribution is 2.44. The Bertz CT molecular complexity index is 1110. The molecule has 0 aromatic heterocycles. The first kappa shape index (κ1) is 19.2. The summed E-state index contributed by atoms with van der Waals surface area (Å²) >= 11 is 6.29. The first-order valence-corrected chi connectivity index (χ1v) is 9.64. The van der Waals surface area contributed by atoms with Crippen LogP contribution in [0.2, 0.25) is 5.02 Å². The van der Waals surface area contributed by atoms with Crippen LogP contribution in [0.5, 0.6) is 0 Å². The minimum atomic E-state index is -0.761. The van der Waals surface area contributed by atoms with Gasteiger partial charge in [0, 0.05) is 22.7 Å². The smallest absolute Gasteiger partial charge is 0.290 e. The molecule has 4 rings (SSSR count). The van der Waals surface area contributed by atoms with Crippen molar-refractivity contribution < 1.29 is 14.3 Å². The van der Waals surface area contributed by atoms with E-state index < -0.39 is 17.8 Å². The maximum Gasteiger partial charge on any atom is 0.290 e. The maximum absolute atomic E-state index is 14.8. The summed E-state index contributed by atoms with van der Waals surface area (Å²) < 4.78 is 14.8. The third-order valence-electron chi connectivity index (χ3n) is 5.16. The molecule has 0 saturated carbocycles. The van der Waals surface area contributed by atoms with Gasteiger partial charge in [0.25, 0.3) is 5.91 Å². The Morgan fingerprint density at radius 2 is 1.66 bits per heavy atom. The molecule has 1 heterocycles. The number of halogens is 2. The van der Waals surface area contributed by atoms with E-state index >= 15 is 0 Å². The fraction of sp³-hybridized carbons (Fsp3) is 0.125. The number of aliphatic hydroxyl groups is 1. The zero-order valence-electron chi connectivity index (χ0n) is 15.8. The van der Waals surface area contributed by atoms with E-state index in [1.54, 1.807) is 30.3 Å². The summed E-state index contributed by atoms with van der Waals surface area (Å²) in [5.74, 6) is -1.35. The molecule has 0 aliphatic carbocycles. The van der Waals surface area contributed by atoms with Gasteiger partial charge in [0.15, 0.2) is 5.76 Å². The first-order valence-electron chi connectivity index (χ1n) is 9.26. The Hall–Kier alpha value is -3.11. The SMILES string of the molecule is Cc1ccc(C2=C(O)C(=O)N(Cc3ccccc3Cl)[C@@H]2c2ccccc2F)cc1. The molecule has 0 radical (unpaired) electrons. The largest absolute Gasteiger partial charge is 0.503 e. The van der Waals surface area contributed by atoms with E-state index in [9.17, 15) is 14.3 Å². The van der Waals surface area contributed by atoms with Crippen LogP contribution in [-0.2, 0) is 11.3 Å². The lowest BCUT2D eigenvalue weighted by Crippen LogP contribution is -2.30. The van der Waals surface area contributed by atoms with Gasteiger partial charge in [-0.05, 0) is 30.2 Å². The second kappa shape index (κ2) is 7.72. The number of aryl methyl sites for hydroxylation is 1. The normalized spacial score (nSPS) is 16.6. The summed E-state index contributed by atoms with van der Waals surface area (Å²) in [5.41, 5.74) is 3.17. The molecule has 146 valence electrons. The van der Waals surface area contributed by atoms with Crippen LogP contribution in [0.25, 0.3) is 5.57 Å². The van der Waals surface area contributed by atoms with E-state index in [4.69, 9.17) is 11.6 Å². The average molecular weight is 408 g/mol. The Labute approximate surface area is 173 Å². The molecule has 0 spiro atoms. The highest BCUT2D eigenvalue weighted by Gasteiger charge is 2.42. The summed E-state index contributed by atoms with van der Waals surface area (Å²) in [7, 11) is 0. The number of rotatable bonds is 4. The van der Waals surface area contributed by atoms with Crippen molar-refractivity contribution in [2.45, 2.75) is 19.5 Å². The molecule has 3 nitrogen and oxygen atoms in total. The van der Waals surface area contributed by atoms with Gasteiger partial charge in [-0.3, -0.25) is 4.79 Å². The second-order valence-corrected chi connectivity index (χ2v) is 7.48. The van der Waals surface area contributed by atoms with E-state index in [1.165, 1.54) is 11.0 Å². The number of amides is 1. The average Bonchev–Trinajstić information content (AvgIpc) is 2.96. The number of carbonyl (C=O) groups is 1. The van der Waals surface area contributed by atoms with Gasteiger partial charge in [-0.2, -0.15) is 0 Å². The van der Waals surface area contributed by atoms with Crippen LogP contribution in [-0.4, -0.2) is 15.9 Å². The molecular formula is C24H19ClFNO2. The van der Waals surface area contributed by atoms with Gasteiger partial charge in [-0.15, -0.1) is 0 Å². The lowest BCUT2D eigenvalue weighted by atomic mass is 9.92. The number of nitrogens with zero attached hydrogens (tertiary/aromatic N) is 1. The summed E-state index contributed by atoms with van der Waals surface area (Å²) in [6, 6.07) is 20.2. The fourth-order valence-corrected chi connectivity index (χ4v) is 3.87. The van der Waals surface area contributed by atoms with E-state index in [-0.39, 0.29) is 12.3 Å². The Morgan fingerprint density at radius 1 is 1.00 bits per heavy atom. The van der Waals surface area contributed by atoms with Crippen LogP contribution in [0.3, 0.4) is 0 Å². The summed E-state index contributed by atoms with van der Waals surface area (Å²) in [6.45, 7) is 2.10. The predicted octanol–water partition coefficient (Wildman–Crippen LogP) is 5.84. The highest BCUT2D eigenvalue weighted by atomic mass is 35.5. The maximum atomic E-state index is 14.8. The van der Waals surface area contributed by atoms with Gasteiger partial charge >= 0.3 is 0 Å². The number of hydrogen-bond acceptors (Lipinski definition) is 2. The lowest BCUT2D eigenvalue weighted by Gasteiger charge is -2.28. The molecule has 1 atom stereocenters. The molecule has 0 unspecified atom stereocenters. The Kier molecular flexibility index (Phi) is 5.12. The van der Waals surface area contributed by atoms with E-state index in [1.807, 2.05) is 43.3 Å². The van der Waals surface area contributed by atoms with E-state index in [0.29, 0.717) is 21.7 Å². The third kappa shape index (κ3) is 3.52. The molecule has 1 aliphatic rings. The minimum absolute atomic E-state index is 0.150. The van der Waals surface area contributed by atoms with Crippen molar-refractivity contribution in [2.75, 3.05) is 0 Å². The van der Waals surface area contributed by atoms with Crippen molar-refractivity contribution in [3.05, 3.63) is 112 Å². The summed E-state index contributed by atoms with van der Waals surface area (Å²) in [6.07, 6.45) is 0. The molecule has 3 aromatic carbocycles. The van der Waals surface area contributed by atoms with Crippen molar-refractivity contribution in [2.24, 2.45) is 0 Å². The Morgan fingerprint density at radius 3 is 2.34 bits per heavy atom. The van der Waals surface area contributed by atoms with Crippen molar-refractivity contribution in [3.63, 3.8) is 0 Å². The predicted molar refractivity (Wildman–Crippen MR) is 112 cm³/mol. The van der Waals surface area contributed by atoms with Crippen LogP contribution in [0, 0.1) is 12.7 Å². The Balaban J connectivity index is 1.85. The van der Waals surface area contributed by atoms with Gasteiger partial charge in [0.2, 0.25) is 0 Å². The van der Waals surface area contributed by atoms with Gasteiger partial charge in [-0.25, -0.2) is 4.39 Å². The molecule has 0 bridgehead atoms. The van der Waals surface area contributed by atoms with Crippen LogP contribution >= 0.6 is 11.6 Å². The van der Waals surface area contributed by atoms with Crippen molar-refractivity contribution in [3.8, 4) is 0 Å². The third-order valence-corrected chi connectivity index (χ3v) is 5.53.